The molecule has 206 valence electrons. The van der Waals surface area contributed by atoms with Gasteiger partial charge < -0.3 is 10.0 Å². The van der Waals surface area contributed by atoms with E-state index in [1.807, 2.05) is 0 Å². The molecule has 0 atom stereocenters. The van der Waals surface area contributed by atoms with Crippen LogP contribution in [0.15, 0.2) is 84.6 Å². The predicted molar refractivity (Wildman–Crippen MR) is 163 cm³/mol. The van der Waals surface area contributed by atoms with Crippen LogP contribution in [0.25, 0.3) is 0 Å². The van der Waals surface area contributed by atoms with Crippen molar-refractivity contribution in [1.29, 1.82) is 0 Å². The number of allylic oxidation sites excluding steroid dienone is 6. The average molecular weight is 526 g/mol. The second-order valence-electron chi connectivity index (χ2n) is 11.8. The van der Waals surface area contributed by atoms with Crippen molar-refractivity contribution >= 4 is 23.1 Å². The summed E-state index contributed by atoms with van der Waals surface area (Å²) in [5.41, 5.74) is 7.87. The van der Waals surface area contributed by atoms with E-state index in [-0.39, 0.29) is 17.3 Å². The van der Waals surface area contributed by atoms with Gasteiger partial charge in [0.1, 0.15) is 6.54 Å². The summed E-state index contributed by atoms with van der Waals surface area (Å²) in [5.74, 6) is -0.710. The van der Waals surface area contributed by atoms with Crippen molar-refractivity contribution < 1.29 is 14.5 Å². The molecule has 2 aromatic rings. The Hall–Kier alpha value is -3.40. The number of anilines is 1. The smallest absolute Gasteiger partial charge is 0.303 e. The average Bonchev–Trinajstić information content (AvgIpc) is 3.26. The van der Waals surface area contributed by atoms with Crippen LogP contribution in [0.2, 0.25) is 0 Å². The first-order valence-corrected chi connectivity index (χ1v) is 14.6. The maximum atomic E-state index is 10.9. The van der Waals surface area contributed by atoms with E-state index in [0.29, 0.717) is 0 Å². The largest absolute Gasteiger partial charge is 0.481 e. The van der Waals surface area contributed by atoms with E-state index in [0.717, 1.165) is 32.4 Å². The molecule has 2 aromatic carbocycles. The summed E-state index contributed by atoms with van der Waals surface area (Å²) >= 11 is 0. The Labute approximate surface area is 235 Å². The summed E-state index contributed by atoms with van der Waals surface area (Å²) in [7, 11) is 0. The van der Waals surface area contributed by atoms with Crippen molar-refractivity contribution in [3.05, 3.63) is 95.7 Å². The SMILES string of the molecule is CCCCN1C(=CC=CC=CC2=[N+](CCCCCC(=O)O)c3ccccc3C2(C)C)C(C)(C)c2ccccc21. The highest BCUT2D eigenvalue weighted by Crippen LogP contribution is 2.47. The first kappa shape index (κ1) is 28.6. The van der Waals surface area contributed by atoms with Gasteiger partial charge in [0.15, 0.2) is 5.71 Å². The van der Waals surface area contributed by atoms with Crippen molar-refractivity contribution in [3.63, 3.8) is 0 Å². The molecule has 0 aromatic heterocycles. The first-order valence-electron chi connectivity index (χ1n) is 14.6. The van der Waals surface area contributed by atoms with Crippen molar-refractivity contribution in [2.45, 2.75) is 84.0 Å². The molecule has 2 aliphatic rings. The van der Waals surface area contributed by atoms with E-state index in [1.54, 1.807) is 0 Å². The molecule has 2 heterocycles. The molecule has 1 N–H and O–H groups in total. The number of hydrogen-bond donors (Lipinski definition) is 1. The van der Waals surface area contributed by atoms with Crippen LogP contribution in [0.5, 0.6) is 0 Å². The number of nitrogens with zero attached hydrogens (tertiary/aromatic N) is 2. The van der Waals surface area contributed by atoms with Gasteiger partial charge in [-0.15, -0.1) is 0 Å². The number of benzene rings is 2. The number of hydrogen-bond acceptors (Lipinski definition) is 2. The zero-order chi connectivity index (χ0) is 28.0. The number of rotatable bonds is 12. The first-order chi connectivity index (χ1) is 18.7. The summed E-state index contributed by atoms with van der Waals surface area (Å²) in [6, 6.07) is 17.5. The summed E-state index contributed by atoms with van der Waals surface area (Å²) in [6.45, 7) is 13.4. The topological polar surface area (TPSA) is 43.5 Å². The van der Waals surface area contributed by atoms with E-state index in [1.165, 1.54) is 46.8 Å². The Kier molecular flexibility index (Phi) is 8.94. The number of unbranched alkanes of at least 4 members (excludes halogenated alkanes) is 3. The lowest BCUT2D eigenvalue weighted by Gasteiger charge is -2.27. The quantitative estimate of drug-likeness (QED) is 0.172. The number of aliphatic carboxylic acids is 1. The highest BCUT2D eigenvalue weighted by Gasteiger charge is 2.43. The van der Waals surface area contributed by atoms with Gasteiger partial charge in [-0.25, -0.2) is 0 Å². The molecule has 4 heteroatoms. The van der Waals surface area contributed by atoms with Crippen LogP contribution < -0.4 is 4.90 Å². The fourth-order valence-corrected chi connectivity index (χ4v) is 6.16. The molecule has 4 rings (SSSR count). The van der Waals surface area contributed by atoms with Crippen molar-refractivity contribution in [2.24, 2.45) is 0 Å². The molecule has 0 saturated heterocycles. The summed E-state index contributed by atoms with van der Waals surface area (Å²) < 4.78 is 2.43. The Bertz CT molecular complexity index is 1310. The Morgan fingerprint density at radius 3 is 2.33 bits per heavy atom. The molecular weight excluding hydrogens is 480 g/mol. The second kappa shape index (κ2) is 12.2. The third kappa shape index (κ3) is 5.95. The fourth-order valence-electron chi connectivity index (χ4n) is 6.16. The molecule has 0 amide bonds. The van der Waals surface area contributed by atoms with Crippen LogP contribution in [0.3, 0.4) is 0 Å². The normalized spacial score (nSPS) is 18.5. The molecular formula is C35H45N2O2+. The minimum absolute atomic E-state index is 0.0281. The monoisotopic (exact) mass is 525 g/mol. The van der Waals surface area contributed by atoms with Crippen LogP contribution in [0.4, 0.5) is 11.4 Å². The Balaban J connectivity index is 1.56. The van der Waals surface area contributed by atoms with Crippen LogP contribution in [0, 0.1) is 0 Å². The maximum Gasteiger partial charge on any atom is 0.303 e. The van der Waals surface area contributed by atoms with E-state index in [4.69, 9.17) is 5.11 Å². The zero-order valence-electron chi connectivity index (χ0n) is 24.4. The molecule has 39 heavy (non-hydrogen) atoms. The number of para-hydroxylation sites is 2. The lowest BCUT2D eigenvalue weighted by Crippen LogP contribution is -2.27. The van der Waals surface area contributed by atoms with E-state index < -0.39 is 5.97 Å². The Morgan fingerprint density at radius 2 is 1.59 bits per heavy atom. The van der Waals surface area contributed by atoms with Gasteiger partial charge in [0, 0.05) is 53.9 Å². The van der Waals surface area contributed by atoms with Crippen LogP contribution in [-0.2, 0) is 15.6 Å². The number of carboxylic acids is 1. The fraction of sp³-hybridized carbons (Fsp3) is 0.429. The lowest BCUT2D eigenvalue weighted by molar-refractivity contribution is -0.438. The Morgan fingerprint density at radius 1 is 0.872 bits per heavy atom. The number of fused-ring (bicyclic) bond motifs is 2. The summed E-state index contributed by atoms with van der Waals surface area (Å²) in [5, 5.41) is 8.97. The third-order valence-electron chi connectivity index (χ3n) is 8.34. The molecule has 2 aliphatic heterocycles. The van der Waals surface area contributed by atoms with Gasteiger partial charge in [-0.3, -0.25) is 4.79 Å². The van der Waals surface area contributed by atoms with E-state index in [2.05, 4.69) is 123 Å². The molecule has 0 fully saturated rings. The number of carbonyl (C=O) groups is 1. The van der Waals surface area contributed by atoms with Crippen LogP contribution in [-0.4, -0.2) is 34.5 Å². The van der Waals surface area contributed by atoms with Crippen molar-refractivity contribution in [2.75, 3.05) is 18.0 Å². The van der Waals surface area contributed by atoms with Gasteiger partial charge in [-0.2, -0.15) is 4.58 Å². The maximum absolute atomic E-state index is 10.9. The molecule has 4 nitrogen and oxygen atoms in total. The summed E-state index contributed by atoms with van der Waals surface area (Å²) in [6.07, 6.45) is 16.3. The molecule has 0 saturated carbocycles. The van der Waals surface area contributed by atoms with E-state index in [9.17, 15) is 4.79 Å². The van der Waals surface area contributed by atoms with Crippen LogP contribution in [0.1, 0.15) is 84.3 Å². The second-order valence-corrected chi connectivity index (χ2v) is 11.8. The van der Waals surface area contributed by atoms with Gasteiger partial charge in [0.2, 0.25) is 5.69 Å². The van der Waals surface area contributed by atoms with Gasteiger partial charge in [-0.1, -0.05) is 81.8 Å². The van der Waals surface area contributed by atoms with Crippen molar-refractivity contribution in [3.8, 4) is 0 Å². The molecule has 0 spiro atoms. The highest BCUT2D eigenvalue weighted by molar-refractivity contribution is 6.03. The molecule has 0 bridgehead atoms. The van der Waals surface area contributed by atoms with Crippen molar-refractivity contribution in [1.82, 2.24) is 0 Å². The predicted octanol–water partition coefficient (Wildman–Crippen LogP) is 8.30. The van der Waals surface area contributed by atoms with E-state index >= 15 is 0 Å². The molecule has 0 radical (unpaired) electrons. The van der Waals surface area contributed by atoms with Gasteiger partial charge in [0.25, 0.3) is 0 Å². The summed E-state index contributed by atoms with van der Waals surface area (Å²) in [4.78, 5) is 13.4. The van der Waals surface area contributed by atoms with Gasteiger partial charge in [-0.05, 0) is 50.8 Å². The number of carboxylic acid groups (broad SMARTS) is 1. The van der Waals surface area contributed by atoms with Gasteiger partial charge in [0.05, 0.1) is 5.41 Å². The zero-order valence-corrected chi connectivity index (χ0v) is 24.4. The van der Waals surface area contributed by atoms with Crippen LogP contribution >= 0.6 is 0 Å². The standard InChI is InChI=1S/C35H44N2O2/c1-6-7-25-36-29-20-15-13-18-27(29)34(2,3)31(36)22-10-8-11-23-32-35(4,5)28-19-14-16-21-30(28)37(32)26-17-9-12-24-33(38)39/h8,10-11,13-16,18-23H,6-7,9,12,17,24-26H2,1-5H3/p+1. The minimum atomic E-state index is -0.710. The lowest BCUT2D eigenvalue weighted by atomic mass is 9.81. The highest BCUT2D eigenvalue weighted by atomic mass is 16.4. The minimum Gasteiger partial charge on any atom is -0.481 e. The van der Waals surface area contributed by atoms with Gasteiger partial charge >= 0.3 is 5.97 Å². The molecule has 0 aliphatic carbocycles. The third-order valence-corrected chi connectivity index (χ3v) is 8.34. The molecule has 0 unspecified atom stereocenters.